The van der Waals surface area contributed by atoms with Gasteiger partial charge in [0.05, 0.1) is 25.0 Å². The summed E-state index contributed by atoms with van der Waals surface area (Å²) < 4.78 is 184. The molecule has 0 amide bonds. The van der Waals surface area contributed by atoms with Gasteiger partial charge in [0.2, 0.25) is 38.4 Å². The Labute approximate surface area is 527 Å². The maximum absolute atomic E-state index is 13.5. The molecule has 0 aliphatic rings. The maximum Gasteiger partial charge on any atom is 0.456 e. The number of pyridine rings is 4. The molecule has 510 valence electrons. The molecular formula is C57H76F10N10O12SSi2. The number of rotatable bonds is 27. The van der Waals surface area contributed by atoms with Crippen LogP contribution in [0.25, 0.3) is 45.3 Å². The first kappa shape index (κ1) is 77.2. The summed E-state index contributed by atoms with van der Waals surface area (Å²) >= 11 is 0. The van der Waals surface area contributed by atoms with Crippen LogP contribution in [0.5, 0.6) is 17.8 Å². The zero-order valence-corrected chi connectivity index (χ0v) is 56.3. The van der Waals surface area contributed by atoms with Gasteiger partial charge >= 0.3 is 42.1 Å². The first-order valence-electron chi connectivity index (χ1n) is 27.9. The van der Waals surface area contributed by atoms with E-state index in [1.165, 1.54) is 25.1 Å². The number of halogens is 10. The van der Waals surface area contributed by atoms with Crippen LogP contribution in [0, 0.1) is 24.7 Å². The SMILES string of the molecule is COC(=O)C(C)(C)COc1cc(C)c(-c2ccc(-c3nc(OCC(F)(F)C(F)(F)F)n(COCC[Si](C)(C)C)n3)nc2)cn1.COC(=O)C(C)(C)COc1cc(C)c(-c2ccc(-c3nc(S(C)(=O)=O)n(COCC[Si](C)(C)C)n3)nc2)cn1.OCC(F)(F)C(F)(F)F. The average Bonchev–Trinajstić information content (AvgIpc) is 1.61. The minimum atomic E-state index is -5.79. The molecule has 0 radical (unpaired) electrons. The molecule has 1 N–H and O–H groups in total. The summed E-state index contributed by atoms with van der Waals surface area (Å²) in [6, 6.07) is 11.5. The van der Waals surface area contributed by atoms with Gasteiger partial charge in [-0.3, -0.25) is 19.6 Å². The smallest absolute Gasteiger partial charge is 0.456 e. The number of alkyl halides is 10. The number of aliphatic hydroxyl groups excluding tert-OH is 1. The third-order valence-electron chi connectivity index (χ3n) is 12.9. The molecule has 0 saturated carbocycles. The van der Waals surface area contributed by atoms with Gasteiger partial charge in [0.25, 0.3) is 0 Å². The molecule has 0 saturated heterocycles. The number of sulfone groups is 1. The van der Waals surface area contributed by atoms with Crippen LogP contribution in [-0.4, -0.2) is 175 Å². The van der Waals surface area contributed by atoms with E-state index in [-0.39, 0.29) is 55.1 Å². The molecule has 6 rings (SSSR count). The highest BCUT2D eigenvalue weighted by atomic mass is 32.2. The van der Waals surface area contributed by atoms with Gasteiger partial charge in [-0.1, -0.05) is 51.4 Å². The van der Waals surface area contributed by atoms with Gasteiger partial charge in [-0.15, -0.1) is 10.2 Å². The van der Waals surface area contributed by atoms with Crippen LogP contribution < -0.4 is 14.2 Å². The molecule has 6 heterocycles. The molecule has 0 spiro atoms. The molecule has 6 aromatic rings. The van der Waals surface area contributed by atoms with Crippen molar-refractivity contribution in [1.82, 2.24) is 49.5 Å². The summed E-state index contributed by atoms with van der Waals surface area (Å²) in [6.07, 6.45) is -3.89. The highest BCUT2D eigenvalue weighted by molar-refractivity contribution is 7.90. The van der Waals surface area contributed by atoms with Crippen LogP contribution in [-0.2, 0) is 51.8 Å². The van der Waals surface area contributed by atoms with Crippen molar-refractivity contribution in [2.24, 2.45) is 10.8 Å². The van der Waals surface area contributed by atoms with Crippen LogP contribution in [0.3, 0.4) is 0 Å². The van der Waals surface area contributed by atoms with Crippen molar-refractivity contribution in [3.05, 3.63) is 72.3 Å². The van der Waals surface area contributed by atoms with Crippen molar-refractivity contribution in [3.63, 3.8) is 0 Å². The number of aryl methyl sites for hydroxylation is 2. The fraction of sp³-hybridized carbons (Fsp3) is 0.544. The molecule has 0 aromatic carbocycles. The minimum absolute atomic E-state index is 0.00589. The molecule has 0 atom stereocenters. The second-order valence-electron chi connectivity index (χ2n) is 24.6. The Morgan fingerprint density at radius 1 is 0.565 bits per heavy atom. The molecule has 0 unspecified atom stereocenters. The first-order chi connectivity index (χ1) is 42.2. The molecule has 92 heavy (non-hydrogen) atoms. The third kappa shape index (κ3) is 22.8. The van der Waals surface area contributed by atoms with Gasteiger partial charge in [0.15, 0.2) is 6.61 Å². The highest BCUT2D eigenvalue weighted by Gasteiger charge is 2.59. The van der Waals surface area contributed by atoms with E-state index in [1.54, 1.807) is 76.6 Å². The van der Waals surface area contributed by atoms with Crippen molar-refractivity contribution in [1.29, 1.82) is 0 Å². The van der Waals surface area contributed by atoms with E-state index >= 15 is 0 Å². The largest absolute Gasteiger partial charge is 0.476 e. The number of hydrogen-bond donors (Lipinski definition) is 1. The molecule has 0 bridgehead atoms. The van der Waals surface area contributed by atoms with Crippen molar-refractivity contribution in [2.75, 3.05) is 60.1 Å². The fourth-order valence-corrected chi connectivity index (χ4v) is 9.42. The highest BCUT2D eigenvalue weighted by Crippen LogP contribution is 2.37. The van der Waals surface area contributed by atoms with Crippen molar-refractivity contribution < 1.29 is 100 Å². The van der Waals surface area contributed by atoms with E-state index in [4.69, 9.17) is 38.3 Å². The van der Waals surface area contributed by atoms with Gasteiger partial charge in [-0.05, 0) is 76.9 Å². The number of carbonyl (C=O) groups excluding carboxylic acids is 2. The Balaban J connectivity index is 0.000000347. The fourth-order valence-electron chi connectivity index (χ4n) is 7.18. The number of esters is 2. The molecular weight excluding hydrogens is 1290 g/mol. The van der Waals surface area contributed by atoms with Crippen molar-refractivity contribution in [2.45, 2.75) is 136 Å². The van der Waals surface area contributed by atoms with Gasteiger partial charge in [-0.2, -0.15) is 58.6 Å². The Morgan fingerprint density at radius 2 is 0.967 bits per heavy atom. The standard InChI is InChI=1S/C28H36F5N5O5Si.C26H37N5O6SSi.C3H3F5O/c1-18-12-22(42-15-26(2,3)24(39)40-4)35-14-20(18)19-8-9-21(34-13-19)23-36-25(43-16-27(29,30)28(31,32)33)38(37-23)17-41-10-11-44(5,6)7;1-18-13-22(37-16-26(2,3)24(32)35-4)28-15-20(18)19-9-10-21(27-14-19)23-29-25(38(5,33)34)31(30-23)17-36-11-12-39(6,7)8;4-2(5,1-9)3(6,7)8/h8-9,12-14H,10-11,15-17H2,1-7H3;9-10,13-15H,11-12,16-17H2,1-8H3;9H,1H2. The lowest BCUT2D eigenvalue weighted by atomic mass is 9.95. The topological polar surface area (TPSA) is 266 Å². The Bertz CT molecular complexity index is 3530. The molecule has 0 aliphatic heterocycles. The van der Waals surface area contributed by atoms with Crippen molar-refractivity contribution >= 4 is 37.9 Å². The number of aromatic nitrogens is 10. The Morgan fingerprint density at radius 3 is 1.30 bits per heavy atom. The number of hydrogen-bond acceptors (Lipinski definition) is 20. The van der Waals surface area contributed by atoms with Gasteiger partial charge in [0, 0.05) is 94.8 Å². The van der Waals surface area contributed by atoms with E-state index in [0.29, 0.717) is 36.2 Å². The zero-order chi connectivity index (χ0) is 69.6. The van der Waals surface area contributed by atoms with Crippen LogP contribution in [0.4, 0.5) is 43.9 Å². The molecule has 0 aliphatic carbocycles. The van der Waals surface area contributed by atoms with E-state index in [9.17, 15) is 61.9 Å². The van der Waals surface area contributed by atoms with E-state index in [2.05, 4.69) is 79.4 Å². The van der Waals surface area contributed by atoms with E-state index in [0.717, 1.165) is 50.8 Å². The van der Waals surface area contributed by atoms with Gasteiger partial charge < -0.3 is 38.3 Å². The van der Waals surface area contributed by atoms with Crippen LogP contribution in [0.2, 0.25) is 51.4 Å². The van der Waals surface area contributed by atoms with Gasteiger partial charge in [0.1, 0.15) is 44.7 Å². The lowest BCUT2D eigenvalue weighted by molar-refractivity contribution is -0.292. The predicted molar refractivity (Wildman–Crippen MR) is 321 cm³/mol. The van der Waals surface area contributed by atoms with E-state index in [1.807, 2.05) is 19.9 Å². The normalized spacial score (nSPS) is 12.7. The first-order valence-corrected chi connectivity index (χ1v) is 37.2. The summed E-state index contributed by atoms with van der Waals surface area (Å²) in [7, 11) is -3.69. The number of carbonyl (C=O) groups is 2. The van der Waals surface area contributed by atoms with Crippen LogP contribution in [0.1, 0.15) is 38.8 Å². The number of aliphatic hydroxyl groups is 1. The van der Waals surface area contributed by atoms with E-state index < -0.39 is 86.2 Å². The molecule has 22 nitrogen and oxygen atoms in total. The van der Waals surface area contributed by atoms with Crippen molar-refractivity contribution in [3.8, 4) is 63.1 Å². The maximum atomic E-state index is 13.5. The second kappa shape index (κ2) is 31.1. The van der Waals surface area contributed by atoms with Gasteiger partial charge in [-0.25, -0.2) is 23.1 Å². The van der Waals surface area contributed by atoms with Crippen LogP contribution >= 0.6 is 0 Å². The zero-order valence-electron chi connectivity index (χ0n) is 53.4. The molecule has 35 heteroatoms. The average molecular weight is 1370 g/mol. The number of methoxy groups -OCH3 is 2. The summed E-state index contributed by atoms with van der Waals surface area (Å²) in [4.78, 5) is 49.5. The summed E-state index contributed by atoms with van der Waals surface area (Å²) in [5, 5.41) is 15.8. The summed E-state index contributed by atoms with van der Waals surface area (Å²) in [6.45, 7) is 20.4. The molecule has 0 fully saturated rings. The minimum Gasteiger partial charge on any atom is -0.476 e. The number of ether oxygens (including phenoxy) is 7. The second-order valence-corrected chi connectivity index (χ2v) is 37.8. The summed E-state index contributed by atoms with van der Waals surface area (Å²) in [5.74, 6) is -9.97. The van der Waals surface area contributed by atoms with Crippen LogP contribution in [0.15, 0.2) is 66.3 Å². The quantitative estimate of drug-likeness (QED) is 0.0217. The lowest BCUT2D eigenvalue weighted by Gasteiger charge is -2.21. The predicted octanol–water partition coefficient (Wildman–Crippen LogP) is 11.4. The third-order valence-corrected chi connectivity index (χ3v) is 17.2. The summed E-state index contributed by atoms with van der Waals surface area (Å²) in [5.41, 5.74) is 3.75. The Hall–Kier alpha value is -7.22. The number of nitrogens with zero attached hydrogens (tertiary/aromatic N) is 10. The molecule has 6 aromatic heterocycles. The lowest BCUT2D eigenvalue weighted by Crippen LogP contribution is -2.42. The monoisotopic (exact) mass is 1370 g/mol. The Kier molecular flexibility index (Phi) is 26.1.